The maximum atomic E-state index is 14.0. The van der Waals surface area contributed by atoms with Crippen molar-refractivity contribution in [3.63, 3.8) is 0 Å². The number of carbonyl (C=O) groups excluding carboxylic acids is 3. The van der Waals surface area contributed by atoms with E-state index in [1.807, 2.05) is 0 Å². The van der Waals surface area contributed by atoms with Gasteiger partial charge in [-0.3, -0.25) is 14.4 Å². The highest BCUT2D eigenvalue weighted by molar-refractivity contribution is 6.31. The summed E-state index contributed by atoms with van der Waals surface area (Å²) in [5.74, 6) is -4.08. The minimum absolute atomic E-state index is 0.00361. The van der Waals surface area contributed by atoms with E-state index in [1.54, 1.807) is 0 Å². The Morgan fingerprint density at radius 1 is 1.29 bits per heavy atom. The van der Waals surface area contributed by atoms with Gasteiger partial charge in [0.25, 0.3) is 0 Å². The minimum atomic E-state index is -1.38. The molecule has 1 rings (SSSR count). The Morgan fingerprint density at radius 3 is 2.33 bits per heavy atom. The fourth-order valence-corrected chi connectivity index (χ4v) is 2.29. The fraction of sp³-hybridized carbons (Fsp3) is 0.357. The van der Waals surface area contributed by atoms with Gasteiger partial charge in [0.2, 0.25) is 5.91 Å². The van der Waals surface area contributed by atoms with Gasteiger partial charge in [0, 0.05) is 17.5 Å². The fourth-order valence-electron chi connectivity index (χ4n) is 2.01. The Bertz CT molecular complexity index is 556. The number of halogens is 2. The van der Waals surface area contributed by atoms with Gasteiger partial charge < -0.3 is 10.1 Å². The Hall–Kier alpha value is -1.95. The molecule has 114 valence electrons. The number of esters is 1. The third kappa shape index (κ3) is 4.01. The maximum absolute atomic E-state index is 14.0. The summed E-state index contributed by atoms with van der Waals surface area (Å²) in [5.41, 5.74) is -0.125. The lowest BCUT2D eigenvalue weighted by atomic mass is 9.89. The third-order valence-electron chi connectivity index (χ3n) is 2.90. The van der Waals surface area contributed by atoms with Gasteiger partial charge in [-0.2, -0.15) is 0 Å². The number of Topliss-reactive ketones (excluding diaryl/α,β-unsaturated/α-hetero) is 1. The second-order valence-electron chi connectivity index (χ2n) is 4.43. The Morgan fingerprint density at radius 2 is 1.90 bits per heavy atom. The van der Waals surface area contributed by atoms with Crippen LogP contribution in [0, 0.1) is 11.7 Å². The van der Waals surface area contributed by atoms with Gasteiger partial charge in [0.1, 0.15) is 17.5 Å². The van der Waals surface area contributed by atoms with Gasteiger partial charge in [0.15, 0.2) is 0 Å². The molecule has 5 nitrogen and oxygen atoms in total. The molecule has 0 saturated carbocycles. The molecule has 1 aromatic rings. The van der Waals surface area contributed by atoms with E-state index >= 15 is 0 Å². The van der Waals surface area contributed by atoms with Crippen LogP contribution in [0.1, 0.15) is 25.5 Å². The number of hydrogen-bond donors (Lipinski definition) is 1. The second-order valence-corrected chi connectivity index (χ2v) is 4.83. The van der Waals surface area contributed by atoms with E-state index in [2.05, 4.69) is 10.1 Å². The van der Waals surface area contributed by atoms with E-state index in [-0.39, 0.29) is 10.6 Å². The van der Waals surface area contributed by atoms with E-state index in [9.17, 15) is 18.8 Å². The predicted molar refractivity (Wildman–Crippen MR) is 74.2 cm³/mol. The smallest absolute Gasteiger partial charge is 0.318 e. The van der Waals surface area contributed by atoms with Gasteiger partial charge in [0.05, 0.1) is 13.2 Å². The highest BCUT2D eigenvalue weighted by Crippen LogP contribution is 2.32. The lowest BCUT2D eigenvalue weighted by molar-refractivity contribution is -0.150. The first kappa shape index (κ1) is 17.1. The molecule has 0 unspecified atom stereocenters. The van der Waals surface area contributed by atoms with Crippen LogP contribution in [0.4, 0.5) is 4.39 Å². The van der Waals surface area contributed by atoms with Crippen molar-refractivity contribution in [2.24, 2.45) is 5.92 Å². The number of ether oxygens (including phenoxy) is 1. The maximum Gasteiger partial charge on any atom is 0.318 e. The predicted octanol–water partition coefficient (Wildman–Crippen LogP) is 2.03. The number of amides is 1. The number of hydrogen-bond acceptors (Lipinski definition) is 4. The molecule has 0 aromatic heterocycles. The van der Waals surface area contributed by atoms with Crippen LogP contribution in [0.3, 0.4) is 0 Å². The molecule has 0 aliphatic rings. The molecular weight excluding hydrogens is 301 g/mol. The molecule has 2 atom stereocenters. The minimum Gasteiger partial charge on any atom is -0.468 e. The molecule has 1 aromatic carbocycles. The zero-order chi connectivity index (χ0) is 16.2. The van der Waals surface area contributed by atoms with E-state index in [4.69, 9.17) is 11.6 Å². The number of ketones is 1. The molecule has 0 aliphatic heterocycles. The molecule has 1 N–H and O–H groups in total. The molecule has 0 radical (unpaired) electrons. The van der Waals surface area contributed by atoms with Crippen LogP contribution >= 0.6 is 11.6 Å². The van der Waals surface area contributed by atoms with E-state index in [0.717, 1.165) is 20.1 Å². The van der Waals surface area contributed by atoms with Crippen molar-refractivity contribution >= 4 is 29.3 Å². The first-order chi connectivity index (χ1) is 9.79. The highest BCUT2D eigenvalue weighted by Gasteiger charge is 2.37. The molecule has 0 fully saturated rings. The summed E-state index contributed by atoms with van der Waals surface area (Å²) in [6.45, 7) is 2.35. The third-order valence-corrected chi connectivity index (χ3v) is 3.23. The van der Waals surface area contributed by atoms with Crippen LogP contribution in [-0.4, -0.2) is 24.8 Å². The van der Waals surface area contributed by atoms with Crippen LogP contribution in [0.25, 0.3) is 0 Å². The van der Waals surface area contributed by atoms with Crippen molar-refractivity contribution in [2.75, 3.05) is 7.11 Å². The van der Waals surface area contributed by atoms with Crippen LogP contribution < -0.4 is 5.32 Å². The van der Waals surface area contributed by atoms with Crippen LogP contribution in [0.5, 0.6) is 0 Å². The summed E-state index contributed by atoms with van der Waals surface area (Å²) in [4.78, 5) is 34.9. The average molecular weight is 316 g/mol. The van der Waals surface area contributed by atoms with E-state index < -0.39 is 35.4 Å². The molecule has 1 amide bonds. The van der Waals surface area contributed by atoms with Gasteiger partial charge in [-0.05, 0) is 19.1 Å². The van der Waals surface area contributed by atoms with Crippen LogP contribution in [0.2, 0.25) is 5.02 Å². The topological polar surface area (TPSA) is 72.5 Å². The normalized spacial score (nSPS) is 13.2. The van der Waals surface area contributed by atoms with E-state index in [0.29, 0.717) is 0 Å². The molecule has 7 heteroatoms. The summed E-state index contributed by atoms with van der Waals surface area (Å²) >= 11 is 5.95. The molecule has 0 spiro atoms. The summed E-state index contributed by atoms with van der Waals surface area (Å²) < 4.78 is 18.6. The summed E-state index contributed by atoms with van der Waals surface area (Å²) in [5, 5.41) is 2.39. The summed E-state index contributed by atoms with van der Waals surface area (Å²) in [6.07, 6.45) is 0. The lowest BCUT2D eigenvalue weighted by Gasteiger charge is -2.25. The molecular formula is C14H15ClFNO4. The highest BCUT2D eigenvalue weighted by atomic mass is 35.5. The van der Waals surface area contributed by atoms with Crippen molar-refractivity contribution in [1.29, 1.82) is 0 Å². The molecule has 0 bridgehead atoms. The molecule has 0 heterocycles. The molecule has 0 aliphatic carbocycles. The average Bonchev–Trinajstić information content (AvgIpc) is 2.37. The SMILES string of the molecule is COC(=O)[C@@H](C(C)=O)[C@@H](NC(C)=O)c1c(F)cccc1Cl. The van der Waals surface area contributed by atoms with Crippen molar-refractivity contribution in [1.82, 2.24) is 5.32 Å². The Balaban J connectivity index is 3.43. The van der Waals surface area contributed by atoms with E-state index in [1.165, 1.54) is 19.1 Å². The number of carbonyl (C=O) groups is 3. The second kappa shape index (κ2) is 7.17. The number of rotatable bonds is 5. The quantitative estimate of drug-likeness (QED) is 0.666. The van der Waals surface area contributed by atoms with Crippen molar-refractivity contribution in [2.45, 2.75) is 19.9 Å². The Kier molecular flexibility index (Phi) is 5.84. The van der Waals surface area contributed by atoms with Crippen LogP contribution in [-0.2, 0) is 19.1 Å². The van der Waals surface area contributed by atoms with Crippen molar-refractivity contribution in [3.8, 4) is 0 Å². The number of nitrogens with one attached hydrogen (secondary N) is 1. The first-order valence-electron chi connectivity index (χ1n) is 6.08. The summed E-state index contributed by atoms with van der Waals surface area (Å²) in [6, 6.07) is 2.68. The Labute approximate surface area is 126 Å². The first-order valence-corrected chi connectivity index (χ1v) is 6.46. The van der Waals surface area contributed by atoms with Crippen molar-refractivity contribution < 1.29 is 23.5 Å². The van der Waals surface area contributed by atoms with Crippen molar-refractivity contribution in [3.05, 3.63) is 34.6 Å². The largest absolute Gasteiger partial charge is 0.468 e. The zero-order valence-electron chi connectivity index (χ0n) is 11.8. The molecule has 21 heavy (non-hydrogen) atoms. The standard InChI is InChI=1S/C14H15ClFNO4/c1-7(18)11(14(20)21-3)13(17-8(2)19)12-9(15)5-4-6-10(12)16/h4-6,11,13H,1-3H3,(H,17,19)/t11-,13+/m0/s1. The number of benzene rings is 1. The summed E-state index contributed by atoms with van der Waals surface area (Å²) in [7, 11) is 1.10. The van der Waals surface area contributed by atoms with Gasteiger partial charge in [-0.25, -0.2) is 4.39 Å². The molecule has 0 saturated heterocycles. The lowest BCUT2D eigenvalue weighted by Crippen LogP contribution is -2.40. The zero-order valence-corrected chi connectivity index (χ0v) is 12.5. The van der Waals surface area contributed by atoms with Gasteiger partial charge in [-0.15, -0.1) is 0 Å². The number of methoxy groups -OCH3 is 1. The van der Waals surface area contributed by atoms with Gasteiger partial charge >= 0.3 is 5.97 Å². The monoisotopic (exact) mass is 315 g/mol. The van der Waals surface area contributed by atoms with Crippen LogP contribution in [0.15, 0.2) is 18.2 Å². The van der Waals surface area contributed by atoms with Gasteiger partial charge in [-0.1, -0.05) is 17.7 Å².